The minimum atomic E-state index is -3.85. The molecular formula is C12H10BrF2NO2S2. The van der Waals surface area contributed by atoms with Gasteiger partial charge in [-0.3, -0.25) is 0 Å². The van der Waals surface area contributed by atoms with Crippen LogP contribution in [0.4, 0.5) is 8.78 Å². The number of thiophene rings is 1. The van der Waals surface area contributed by atoms with Crippen molar-refractivity contribution in [1.82, 2.24) is 4.31 Å². The van der Waals surface area contributed by atoms with E-state index >= 15 is 0 Å². The largest absolute Gasteiger partial charge is 0.243 e. The molecule has 2 aromatic rings. The Hall–Kier alpha value is -0.830. The molecule has 0 fully saturated rings. The fourth-order valence-corrected chi connectivity index (χ4v) is 3.96. The minimum Gasteiger partial charge on any atom is -0.207 e. The molecule has 3 nitrogen and oxygen atoms in total. The van der Waals surface area contributed by atoms with Gasteiger partial charge in [-0.05, 0) is 51.1 Å². The van der Waals surface area contributed by atoms with E-state index in [4.69, 9.17) is 0 Å². The molecule has 0 atom stereocenters. The first-order valence-electron chi connectivity index (χ1n) is 5.45. The maximum atomic E-state index is 13.1. The van der Waals surface area contributed by atoms with Crippen LogP contribution >= 0.6 is 27.3 Å². The molecule has 0 bridgehead atoms. The summed E-state index contributed by atoms with van der Waals surface area (Å²) in [5.41, 5.74) is 0.815. The van der Waals surface area contributed by atoms with Crippen molar-refractivity contribution >= 4 is 37.3 Å². The van der Waals surface area contributed by atoms with Gasteiger partial charge in [-0.15, -0.1) is 11.3 Å². The fraction of sp³-hybridized carbons (Fsp3) is 0.167. The Morgan fingerprint density at radius 3 is 2.50 bits per heavy atom. The van der Waals surface area contributed by atoms with Crippen molar-refractivity contribution in [3.63, 3.8) is 0 Å². The van der Waals surface area contributed by atoms with Crippen LogP contribution in [0.2, 0.25) is 0 Å². The molecule has 0 saturated heterocycles. The lowest BCUT2D eigenvalue weighted by molar-refractivity contribution is 0.464. The molecule has 1 heterocycles. The van der Waals surface area contributed by atoms with Gasteiger partial charge < -0.3 is 0 Å². The monoisotopic (exact) mass is 381 g/mol. The number of sulfonamides is 1. The van der Waals surface area contributed by atoms with Crippen LogP contribution in [0.3, 0.4) is 0 Å². The van der Waals surface area contributed by atoms with E-state index in [-0.39, 0.29) is 11.4 Å². The maximum Gasteiger partial charge on any atom is 0.243 e. The zero-order valence-corrected chi connectivity index (χ0v) is 13.5. The minimum absolute atomic E-state index is 0.156. The zero-order chi connectivity index (χ0) is 14.9. The van der Waals surface area contributed by atoms with E-state index in [1.165, 1.54) is 18.4 Å². The molecule has 0 radical (unpaired) electrons. The molecule has 108 valence electrons. The van der Waals surface area contributed by atoms with Crippen molar-refractivity contribution in [1.29, 1.82) is 0 Å². The summed E-state index contributed by atoms with van der Waals surface area (Å²) in [5, 5.41) is 1.82. The number of rotatable bonds is 4. The second-order valence-corrected chi connectivity index (χ2v) is 8.43. The molecule has 1 aromatic heterocycles. The van der Waals surface area contributed by atoms with E-state index in [0.717, 1.165) is 25.8 Å². The molecular weight excluding hydrogens is 372 g/mol. The van der Waals surface area contributed by atoms with E-state index in [0.29, 0.717) is 6.07 Å². The normalized spacial score (nSPS) is 12.1. The maximum absolute atomic E-state index is 13.1. The molecule has 20 heavy (non-hydrogen) atoms. The van der Waals surface area contributed by atoms with Crippen LogP contribution in [0.25, 0.3) is 0 Å². The van der Waals surface area contributed by atoms with Crippen molar-refractivity contribution in [3.05, 3.63) is 50.6 Å². The standard InChI is InChI=1S/C12H10BrF2NO2S2/c1-16(6-8-4-12(13)19-7-8)20(17,18)9-2-3-10(14)11(15)5-9/h2-5,7H,6H2,1H3. The highest BCUT2D eigenvalue weighted by Gasteiger charge is 2.22. The molecule has 0 spiro atoms. The summed E-state index contributed by atoms with van der Waals surface area (Å²) in [6.45, 7) is 0.156. The van der Waals surface area contributed by atoms with Crippen LogP contribution in [0, 0.1) is 11.6 Å². The number of hydrogen-bond acceptors (Lipinski definition) is 3. The lowest BCUT2D eigenvalue weighted by Crippen LogP contribution is -2.26. The summed E-state index contributed by atoms with van der Waals surface area (Å²) in [5.74, 6) is -2.26. The predicted octanol–water partition coefficient (Wildman–Crippen LogP) is 3.61. The van der Waals surface area contributed by atoms with E-state index in [1.807, 2.05) is 11.4 Å². The summed E-state index contributed by atoms with van der Waals surface area (Å²) >= 11 is 4.74. The molecule has 1 aromatic carbocycles. The molecule has 0 saturated carbocycles. The summed E-state index contributed by atoms with van der Waals surface area (Å²) in [7, 11) is -2.46. The molecule has 8 heteroatoms. The van der Waals surface area contributed by atoms with Crippen LogP contribution in [0.5, 0.6) is 0 Å². The highest BCUT2D eigenvalue weighted by Crippen LogP contribution is 2.24. The fourth-order valence-electron chi connectivity index (χ4n) is 1.59. The highest BCUT2D eigenvalue weighted by atomic mass is 79.9. The van der Waals surface area contributed by atoms with Crippen molar-refractivity contribution in [2.75, 3.05) is 7.05 Å². The SMILES string of the molecule is CN(Cc1csc(Br)c1)S(=O)(=O)c1ccc(F)c(F)c1. The van der Waals surface area contributed by atoms with E-state index in [2.05, 4.69) is 15.9 Å². The van der Waals surface area contributed by atoms with Crippen molar-refractivity contribution < 1.29 is 17.2 Å². The number of halogens is 3. The average Bonchev–Trinajstić information content (AvgIpc) is 2.78. The quantitative estimate of drug-likeness (QED) is 0.810. The molecule has 0 aliphatic carbocycles. The second-order valence-electron chi connectivity index (χ2n) is 4.10. The van der Waals surface area contributed by atoms with Crippen molar-refractivity contribution in [2.24, 2.45) is 0 Å². The third-order valence-electron chi connectivity index (χ3n) is 2.63. The second kappa shape index (κ2) is 5.88. The average molecular weight is 382 g/mol. The lowest BCUT2D eigenvalue weighted by Gasteiger charge is -2.16. The van der Waals surface area contributed by atoms with E-state index in [1.54, 1.807) is 0 Å². The van der Waals surface area contributed by atoms with Gasteiger partial charge in [0, 0.05) is 13.6 Å². The van der Waals surface area contributed by atoms with Crippen LogP contribution in [0.1, 0.15) is 5.56 Å². The van der Waals surface area contributed by atoms with Crippen LogP contribution in [-0.4, -0.2) is 19.8 Å². The van der Waals surface area contributed by atoms with Gasteiger partial charge in [-0.1, -0.05) is 0 Å². The summed E-state index contributed by atoms with van der Waals surface area (Å²) in [6, 6.07) is 4.34. The Balaban J connectivity index is 2.27. The Labute approximate surface area is 128 Å². The van der Waals surface area contributed by atoms with Gasteiger partial charge in [0.15, 0.2) is 11.6 Å². The Morgan fingerprint density at radius 2 is 1.95 bits per heavy atom. The summed E-state index contributed by atoms with van der Waals surface area (Å²) in [6.07, 6.45) is 0. The van der Waals surface area contributed by atoms with Crippen molar-refractivity contribution in [3.8, 4) is 0 Å². The van der Waals surface area contributed by atoms with Gasteiger partial charge in [0.05, 0.1) is 8.68 Å². The molecule has 0 aliphatic heterocycles. The third kappa shape index (κ3) is 3.25. The van der Waals surface area contributed by atoms with Crippen LogP contribution in [0.15, 0.2) is 38.3 Å². The predicted molar refractivity (Wildman–Crippen MR) is 77.0 cm³/mol. The number of hydrogen-bond donors (Lipinski definition) is 0. The van der Waals surface area contributed by atoms with E-state index in [9.17, 15) is 17.2 Å². The third-order valence-corrected chi connectivity index (χ3v) is 5.98. The van der Waals surface area contributed by atoms with Crippen LogP contribution in [-0.2, 0) is 16.6 Å². The van der Waals surface area contributed by atoms with Gasteiger partial charge in [0.25, 0.3) is 0 Å². The first-order chi connectivity index (χ1) is 9.30. The van der Waals surface area contributed by atoms with Gasteiger partial charge in [-0.25, -0.2) is 17.2 Å². The smallest absolute Gasteiger partial charge is 0.207 e. The molecule has 0 N–H and O–H groups in total. The summed E-state index contributed by atoms with van der Waals surface area (Å²) < 4.78 is 52.4. The summed E-state index contributed by atoms with van der Waals surface area (Å²) in [4.78, 5) is -0.270. The van der Waals surface area contributed by atoms with Crippen LogP contribution < -0.4 is 0 Å². The molecule has 0 amide bonds. The first-order valence-corrected chi connectivity index (χ1v) is 8.56. The highest BCUT2D eigenvalue weighted by molar-refractivity contribution is 9.11. The van der Waals surface area contributed by atoms with Gasteiger partial charge in [0.1, 0.15) is 0 Å². The van der Waals surface area contributed by atoms with E-state index < -0.39 is 21.7 Å². The molecule has 0 unspecified atom stereocenters. The lowest BCUT2D eigenvalue weighted by atomic mass is 10.3. The molecule has 0 aliphatic rings. The topological polar surface area (TPSA) is 37.4 Å². The number of nitrogens with zero attached hydrogens (tertiary/aromatic N) is 1. The first kappa shape index (κ1) is 15.6. The number of benzene rings is 1. The van der Waals surface area contributed by atoms with Gasteiger partial charge in [-0.2, -0.15) is 4.31 Å². The van der Waals surface area contributed by atoms with Gasteiger partial charge >= 0.3 is 0 Å². The Kier molecular flexibility index (Phi) is 4.58. The molecule has 2 rings (SSSR count). The Morgan fingerprint density at radius 1 is 1.25 bits per heavy atom. The van der Waals surface area contributed by atoms with Gasteiger partial charge in [0.2, 0.25) is 10.0 Å². The zero-order valence-electron chi connectivity index (χ0n) is 10.3. The Bertz CT molecular complexity index is 731. The van der Waals surface area contributed by atoms with Crippen molar-refractivity contribution in [2.45, 2.75) is 11.4 Å².